The molecule has 0 fully saturated rings. The molecule has 11 heavy (non-hydrogen) atoms. The summed E-state index contributed by atoms with van der Waals surface area (Å²) in [4.78, 5) is 4.52. The number of hydrogen-bond donors (Lipinski definition) is 0. The lowest BCUT2D eigenvalue weighted by molar-refractivity contribution is 0.214. The van der Waals surface area contributed by atoms with Crippen molar-refractivity contribution in [2.24, 2.45) is 5.16 Å². The molecule has 0 spiro atoms. The van der Waals surface area contributed by atoms with Gasteiger partial charge in [0.2, 0.25) is 0 Å². The second-order valence-electron chi connectivity index (χ2n) is 2.40. The van der Waals surface area contributed by atoms with Crippen LogP contribution in [0.15, 0.2) is 17.8 Å². The largest absolute Gasteiger partial charge is 0.399 e. The minimum absolute atomic E-state index is 1.02. The zero-order valence-corrected chi connectivity index (χ0v) is 7.25. The van der Waals surface area contributed by atoms with Crippen LogP contribution in [0.1, 0.15) is 32.1 Å². The Labute approximate surface area is 68.9 Å². The summed E-state index contributed by atoms with van der Waals surface area (Å²) < 4.78 is 0. The van der Waals surface area contributed by atoms with Gasteiger partial charge in [-0.3, -0.25) is 0 Å². The van der Waals surface area contributed by atoms with Gasteiger partial charge < -0.3 is 4.84 Å². The molecule has 0 amide bonds. The monoisotopic (exact) mass is 155 g/mol. The van der Waals surface area contributed by atoms with E-state index >= 15 is 0 Å². The Hall–Kier alpha value is -0.790. The molecule has 2 nitrogen and oxygen atoms in total. The van der Waals surface area contributed by atoms with Crippen molar-refractivity contribution in [3.8, 4) is 0 Å². The molecule has 0 N–H and O–H groups in total. The maximum absolute atomic E-state index is 4.52. The molecule has 0 aromatic carbocycles. The molecule has 0 saturated carbocycles. The fourth-order valence-corrected chi connectivity index (χ4v) is 0.828. The van der Waals surface area contributed by atoms with Gasteiger partial charge in [0, 0.05) is 6.21 Å². The molecule has 0 aromatic heterocycles. The molecule has 0 atom stereocenters. The summed E-state index contributed by atoms with van der Waals surface area (Å²) in [6.45, 7) is 3.66. The van der Waals surface area contributed by atoms with E-state index < -0.39 is 0 Å². The lowest BCUT2D eigenvalue weighted by Crippen LogP contribution is -1.79. The van der Waals surface area contributed by atoms with E-state index in [2.05, 4.69) is 16.6 Å². The third-order valence-corrected chi connectivity index (χ3v) is 1.42. The number of allylic oxidation sites excluding steroid dienone is 1. The van der Waals surface area contributed by atoms with E-state index in [9.17, 15) is 0 Å². The Morgan fingerprint density at radius 3 is 2.64 bits per heavy atom. The molecule has 0 bridgehead atoms. The summed E-state index contributed by atoms with van der Waals surface area (Å²) >= 11 is 0. The highest BCUT2D eigenvalue weighted by atomic mass is 16.6. The second-order valence-corrected chi connectivity index (χ2v) is 2.40. The van der Waals surface area contributed by atoms with E-state index in [1.807, 2.05) is 12.3 Å². The van der Waals surface area contributed by atoms with E-state index in [1.54, 1.807) is 7.11 Å². The number of hydrogen-bond acceptors (Lipinski definition) is 2. The van der Waals surface area contributed by atoms with Crippen molar-refractivity contribution in [2.45, 2.75) is 32.1 Å². The maximum Gasteiger partial charge on any atom is 0.106 e. The first kappa shape index (κ1) is 10.2. The Balaban J connectivity index is 2.90. The van der Waals surface area contributed by atoms with E-state index in [0.29, 0.717) is 0 Å². The fraction of sp³-hybridized carbons (Fsp3) is 0.667. The third kappa shape index (κ3) is 9.21. The van der Waals surface area contributed by atoms with Crippen LogP contribution >= 0.6 is 0 Å². The zero-order chi connectivity index (χ0) is 8.36. The van der Waals surface area contributed by atoms with Gasteiger partial charge in [0.15, 0.2) is 0 Å². The molecule has 0 aliphatic heterocycles. The molecular formula is C9H17NO. The van der Waals surface area contributed by atoms with Gasteiger partial charge in [0.05, 0.1) is 0 Å². The molecule has 0 saturated heterocycles. The van der Waals surface area contributed by atoms with Gasteiger partial charge in [-0.1, -0.05) is 17.7 Å². The Morgan fingerprint density at radius 2 is 2.00 bits per heavy atom. The van der Waals surface area contributed by atoms with Crippen molar-refractivity contribution in [3.63, 3.8) is 0 Å². The van der Waals surface area contributed by atoms with Gasteiger partial charge in [0.25, 0.3) is 0 Å². The summed E-state index contributed by atoms with van der Waals surface area (Å²) in [6, 6.07) is 0. The van der Waals surface area contributed by atoms with Crippen LogP contribution in [-0.4, -0.2) is 13.3 Å². The van der Waals surface area contributed by atoms with Crippen molar-refractivity contribution < 1.29 is 4.84 Å². The van der Waals surface area contributed by atoms with Crippen LogP contribution in [0.25, 0.3) is 0 Å². The van der Waals surface area contributed by atoms with Crippen LogP contribution in [-0.2, 0) is 4.84 Å². The fourth-order valence-electron chi connectivity index (χ4n) is 0.828. The van der Waals surface area contributed by atoms with Crippen LogP contribution in [0.2, 0.25) is 0 Å². The molecule has 2 heteroatoms. The van der Waals surface area contributed by atoms with E-state index in [1.165, 1.54) is 19.3 Å². The molecule has 0 aliphatic carbocycles. The zero-order valence-electron chi connectivity index (χ0n) is 7.25. The van der Waals surface area contributed by atoms with Crippen molar-refractivity contribution in [1.82, 2.24) is 0 Å². The maximum atomic E-state index is 4.52. The normalized spacial score (nSPS) is 10.3. The van der Waals surface area contributed by atoms with Crippen molar-refractivity contribution in [3.05, 3.63) is 12.7 Å². The molecule has 0 rings (SSSR count). The SMILES string of the molecule is C=CCCCCCC=NOC. The summed E-state index contributed by atoms with van der Waals surface area (Å²) in [6.07, 6.45) is 9.61. The van der Waals surface area contributed by atoms with Gasteiger partial charge in [0.1, 0.15) is 7.11 Å². The Kier molecular flexibility index (Phi) is 8.55. The van der Waals surface area contributed by atoms with Crippen LogP contribution in [0.4, 0.5) is 0 Å². The average Bonchev–Trinajstić information content (AvgIpc) is 2.03. The Morgan fingerprint density at radius 1 is 1.27 bits per heavy atom. The van der Waals surface area contributed by atoms with Crippen molar-refractivity contribution in [2.75, 3.05) is 7.11 Å². The highest BCUT2D eigenvalue weighted by Crippen LogP contribution is 2.01. The quantitative estimate of drug-likeness (QED) is 0.240. The molecule has 0 unspecified atom stereocenters. The van der Waals surface area contributed by atoms with Gasteiger partial charge in [-0.15, -0.1) is 6.58 Å². The minimum atomic E-state index is 1.02. The molecular weight excluding hydrogens is 138 g/mol. The van der Waals surface area contributed by atoms with Crippen LogP contribution < -0.4 is 0 Å². The Bertz CT molecular complexity index is 110. The summed E-state index contributed by atoms with van der Waals surface area (Å²) in [5.74, 6) is 0. The standard InChI is InChI=1S/C9H17NO/c1-3-4-5-6-7-8-9-10-11-2/h3,9H,1,4-8H2,2H3. The van der Waals surface area contributed by atoms with Gasteiger partial charge in [-0.2, -0.15) is 0 Å². The lowest BCUT2D eigenvalue weighted by Gasteiger charge is -1.93. The average molecular weight is 155 g/mol. The van der Waals surface area contributed by atoms with E-state index in [4.69, 9.17) is 0 Å². The number of unbranched alkanes of at least 4 members (excludes halogenated alkanes) is 4. The summed E-state index contributed by atoms with van der Waals surface area (Å²) in [5.41, 5.74) is 0. The number of rotatable bonds is 7. The first-order valence-corrected chi connectivity index (χ1v) is 4.07. The molecule has 0 aliphatic rings. The summed E-state index contributed by atoms with van der Waals surface area (Å²) in [5, 5.41) is 3.64. The highest BCUT2D eigenvalue weighted by Gasteiger charge is 1.84. The van der Waals surface area contributed by atoms with E-state index in [-0.39, 0.29) is 0 Å². The summed E-state index contributed by atoms with van der Waals surface area (Å²) in [7, 11) is 1.56. The minimum Gasteiger partial charge on any atom is -0.399 e. The third-order valence-electron chi connectivity index (χ3n) is 1.42. The predicted molar refractivity (Wildman–Crippen MR) is 48.8 cm³/mol. The molecule has 0 heterocycles. The van der Waals surface area contributed by atoms with Gasteiger partial charge in [-0.05, 0) is 25.7 Å². The highest BCUT2D eigenvalue weighted by molar-refractivity contribution is 5.55. The smallest absolute Gasteiger partial charge is 0.106 e. The second kappa shape index (κ2) is 9.21. The van der Waals surface area contributed by atoms with Crippen LogP contribution in [0.3, 0.4) is 0 Å². The molecule has 64 valence electrons. The van der Waals surface area contributed by atoms with Crippen LogP contribution in [0.5, 0.6) is 0 Å². The lowest BCUT2D eigenvalue weighted by atomic mass is 10.1. The first-order chi connectivity index (χ1) is 5.41. The number of nitrogens with zero attached hydrogens (tertiary/aromatic N) is 1. The van der Waals surface area contributed by atoms with Gasteiger partial charge >= 0.3 is 0 Å². The van der Waals surface area contributed by atoms with Gasteiger partial charge in [-0.25, -0.2) is 0 Å². The van der Waals surface area contributed by atoms with Crippen LogP contribution in [0, 0.1) is 0 Å². The van der Waals surface area contributed by atoms with Crippen molar-refractivity contribution in [1.29, 1.82) is 0 Å². The molecule has 0 radical (unpaired) electrons. The topological polar surface area (TPSA) is 21.6 Å². The molecule has 0 aromatic rings. The van der Waals surface area contributed by atoms with E-state index in [0.717, 1.165) is 12.8 Å². The predicted octanol–water partition coefficient (Wildman–Crippen LogP) is 2.76. The number of oxime groups is 1. The van der Waals surface area contributed by atoms with Crippen molar-refractivity contribution >= 4 is 6.21 Å². The first-order valence-electron chi connectivity index (χ1n) is 4.07.